The number of urea groups is 1. The summed E-state index contributed by atoms with van der Waals surface area (Å²) < 4.78 is 5.28. The highest BCUT2D eigenvalue weighted by Gasteiger charge is 2.37. The minimum atomic E-state index is -0.668. The molecule has 166 valence electrons. The number of hydrogen-bond acceptors (Lipinski definition) is 4. The Kier molecular flexibility index (Phi) is 6.39. The zero-order valence-electron chi connectivity index (χ0n) is 17.9. The number of amides is 4. The molecule has 1 aliphatic heterocycles. The van der Waals surface area contributed by atoms with Crippen LogP contribution in [0.5, 0.6) is 5.75 Å². The summed E-state index contributed by atoms with van der Waals surface area (Å²) in [6.45, 7) is 0.706. The van der Waals surface area contributed by atoms with Crippen molar-refractivity contribution in [2.45, 2.75) is 31.8 Å². The number of fused-ring (bicyclic) bond motifs is 1. The second-order valence-corrected chi connectivity index (χ2v) is 7.78. The molecule has 0 spiro atoms. The Hall–Kier alpha value is -3.81. The topological polar surface area (TPSA) is 104 Å². The van der Waals surface area contributed by atoms with E-state index < -0.39 is 12.1 Å². The van der Waals surface area contributed by atoms with Crippen LogP contribution in [0.25, 0.3) is 10.9 Å². The molecular formula is C24H26N4O4. The maximum Gasteiger partial charge on any atom is 0.325 e. The molecule has 1 saturated heterocycles. The largest absolute Gasteiger partial charge is 0.497 e. The molecule has 1 fully saturated rings. The first kappa shape index (κ1) is 21.4. The van der Waals surface area contributed by atoms with Gasteiger partial charge in [0.25, 0.3) is 5.91 Å². The van der Waals surface area contributed by atoms with E-state index in [9.17, 15) is 14.4 Å². The quantitative estimate of drug-likeness (QED) is 0.451. The molecule has 4 rings (SSSR count). The van der Waals surface area contributed by atoms with Crippen LogP contribution < -0.4 is 15.4 Å². The predicted molar refractivity (Wildman–Crippen MR) is 120 cm³/mol. The number of imide groups is 1. The number of nitrogens with one attached hydrogen (secondary N) is 3. The summed E-state index contributed by atoms with van der Waals surface area (Å²) in [6, 6.07) is 14.1. The van der Waals surface area contributed by atoms with E-state index in [1.54, 1.807) is 7.11 Å². The number of rotatable bonds is 9. The fourth-order valence-electron chi connectivity index (χ4n) is 3.88. The molecule has 3 aromatic rings. The predicted octanol–water partition coefficient (Wildman–Crippen LogP) is 2.74. The lowest BCUT2D eigenvalue weighted by Crippen LogP contribution is -2.33. The van der Waals surface area contributed by atoms with Gasteiger partial charge in [-0.1, -0.05) is 30.3 Å². The number of aromatic amines is 1. The van der Waals surface area contributed by atoms with Crippen LogP contribution in [-0.4, -0.2) is 47.4 Å². The number of ether oxygens (including phenoxy) is 1. The summed E-state index contributed by atoms with van der Waals surface area (Å²) in [5.74, 6) is 0.345. The van der Waals surface area contributed by atoms with Crippen molar-refractivity contribution in [1.29, 1.82) is 0 Å². The first-order valence-corrected chi connectivity index (χ1v) is 10.6. The van der Waals surface area contributed by atoms with Crippen LogP contribution >= 0.6 is 0 Å². The second kappa shape index (κ2) is 9.55. The van der Waals surface area contributed by atoms with Gasteiger partial charge in [0.2, 0.25) is 5.91 Å². The van der Waals surface area contributed by atoms with E-state index in [1.807, 2.05) is 54.7 Å². The van der Waals surface area contributed by atoms with Crippen LogP contribution in [0.15, 0.2) is 54.7 Å². The third kappa shape index (κ3) is 4.74. The van der Waals surface area contributed by atoms with E-state index >= 15 is 0 Å². The molecule has 8 nitrogen and oxygen atoms in total. The van der Waals surface area contributed by atoms with Gasteiger partial charge in [-0.15, -0.1) is 0 Å². The van der Waals surface area contributed by atoms with Gasteiger partial charge in [0.05, 0.1) is 13.7 Å². The van der Waals surface area contributed by atoms with E-state index in [1.165, 1.54) is 4.90 Å². The molecule has 8 heteroatoms. The van der Waals surface area contributed by atoms with Gasteiger partial charge in [0.1, 0.15) is 11.8 Å². The van der Waals surface area contributed by atoms with E-state index in [4.69, 9.17) is 4.74 Å². The van der Waals surface area contributed by atoms with Crippen LogP contribution in [0, 0.1) is 0 Å². The first-order chi connectivity index (χ1) is 15.5. The second-order valence-electron chi connectivity index (χ2n) is 7.78. The molecule has 1 aliphatic rings. The van der Waals surface area contributed by atoms with Gasteiger partial charge in [-0.2, -0.15) is 0 Å². The molecule has 2 heterocycles. The van der Waals surface area contributed by atoms with E-state index in [-0.39, 0.29) is 31.2 Å². The van der Waals surface area contributed by atoms with E-state index in [0.717, 1.165) is 27.8 Å². The highest BCUT2D eigenvalue weighted by atomic mass is 16.5. The van der Waals surface area contributed by atoms with Crippen LogP contribution in [0.4, 0.5) is 4.79 Å². The molecule has 0 radical (unpaired) electrons. The number of carbonyl (C=O) groups is 3. The number of hydrogen-bond donors (Lipinski definition) is 3. The third-order valence-corrected chi connectivity index (χ3v) is 5.64. The van der Waals surface area contributed by atoms with E-state index in [0.29, 0.717) is 13.0 Å². The van der Waals surface area contributed by atoms with Gasteiger partial charge in [-0.05, 0) is 42.2 Å². The van der Waals surface area contributed by atoms with Gasteiger partial charge in [0, 0.05) is 30.1 Å². The number of carbonyl (C=O) groups excluding carboxylic acids is 3. The number of methoxy groups -OCH3 is 1. The van der Waals surface area contributed by atoms with Crippen molar-refractivity contribution < 1.29 is 19.1 Å². The average Bonchev–Trinajstić information content (AvgIpc) is 3.33. The molecule has 0 aliphatic carbocycles. The van der Waals surface area contributed by atoms with Crippen molar-refractivity contribution in [3.8, 4) is 5.75 Å². The van der Waals surface area contributed by atoms with Crippen molar-refractivity contribution in [1.82, 2.24) is 20.5 Å². The molecule has 1 unspecified atom stereocenters. The number of benzene rings is 2. The van der Waals surface area contributed by atoms with Gasteiger partial charge >= 0.3 is 6.03 Å². The lowest BCUT2D eigenvalue weighted by atomic mass is 10.1. The van der Waals surface area contributed by atoms with Crippen molar-refractivity contribution >= 4 is 28.7 Å². The van der Waals surface area contributed by atoms with Gasteiger partial charge in [0.15, 0.2) is 0 Å². The lowest BCUT2D eigenvalue weighted by molar-refractivity contribution is -0.128. The Labute approximate surface area is 185 Å². The standard InChI is InChI=1S/C24H26N4O4/c1-32-18-7-8-20-19(13-18)17(14-26-20)11-12-25-22(29)10-9-21-23(30)28(24(31)27-21)15-16-5-3-2-4-6-16/h2-8,13-14,21,26H,9-12,15H2,1H3,(H,25,29)(H,27,31). The average molecular weight is 434 g/mol. The smallest absolute Gasteiger partial charge is 0.325 e. The fraction of sp³-hybridized carbons (Fsp3) is 0.292. The minimum absolute atomic E-state index is 0.147. The lowest BCUT2D eigenvalue weighted by Gasteiger charge is -2.13. The SMILES string of the molecule is COc1ccc2[nH]cc(CCNC(=O)CCC3NC(=O)N(Cc4ccccc4)C3=O)c2c1. The molecule has 3 N–H and O–H groups in total. The molecule has 32 heavy (non-hydrogen) atoms. The van der Waals surface area contributed by atoms with Gasteiger partial charge in [-0.25, -0.2) is 4.79 Å². The molecular weight excluding hydrogens is 408 g/mol. The van der Waals surface area contributed by atoms with Crippen molar-refractivity contribution in [3.05, 3.63) is 65.9 Å². The third-order valence-electron chi connectivity index (χ3n) is 5.64. The van der Waals surface area contributed by atoms with Crippen LogP contribution in [-0.2, 0) is 22.6 Å². The van der Waals surface area contributed by atoms with E-state index in [2.05, 4.69) is 15.6 Å². The summed E-state index contributed by atoms with van der Waals surface area (Å²) >= 11 is 0. The van der Waals surface area contributed by atoms with Crippen molar-refractivity contribution in [2.75, 3.05) is 13.7 Å². The summed E-state index contributed by atoms with van der Waals surface area (Å²) in [5.41, 5.74) is 2.99. The minimum Gasteiger partial charge on any atom is -0.497 e. The summed E-state index contributed by atoms with van der Waals surface area (Å²) in [5, 5.41) is 6.64. The van der Waals surface area contributed by atoms with Crippen molar-refractivity contribution in [3.63, 3.8) is 0 Å². The number of nitrogens with zero attached hydrogens (tertiary/aromatic N) is 1. The molecule has 4 amide bonds. The Morgan fingerprint density at radius 3 is 2.75 bits per heavy atom. The van der Waals surface area contributed by atoms with Gasteiger partial charge < -0.3 is 20.4 Å². The summed E-state index contributed by atoms with van der Waals surface area (Å²) in [4.78, 5) is 41.5. The van der Waals surface area contributed by atoms with Crippen molar-refractivity contribution in [2.24, 2.45) is 0 Å². The Bertz CT molecular complexity index is 1130. The number of aromatic nitrogens is 1. The summed E-state index contributed by atoms with van der Waals surface area (Å²) in [7, 11) is 1.63. The van der Waals surface area contributed by atoms with Crippen LogP contribution in [0.1, 0.15) is 24.0 Å². The van der Waals surface area contributed by atoms with Crippen LogP contribution in [0.3, 0.4) is 0 Å². The monoisotopic (exact) mass is 434 g/mol. The highest BCUT2D eigenvalue weighted by molar-refractivity contribution is 6.04. The molecule has 0 saturated carbocycles. The summed E-state index contributed by atoms with van der Waals surface area (Å²) in [6.07, 6.45) is 3.04. The Balaban J connectivity index is 1.24. The number of H-pyrrole nitrogens is 1. The maximum absolute atomic E-state index is 12.6. The Morgan fingerprint density at radius 1 is 1.16 bits per heavy atom. The molecule has 2 aromatic carbocycles. The molecule has 0 bridgehead atoms. The molecule has 1 atom stereocenters. The maximum atomic E-state index is 12.6. The normalized spacial score (nSPS) is 15.8. The fourth-order valence-corrected chi connectivity index (χ4v) is 3.88. The molecule has 1 aromatic heterocycles. The first-order valence-electron chi connectivity index (χ1n) is 10.6. The zero-order valence-corrected chi connectivity index (χ0v) is 17.9. The highest BCUT2D eigenvalue weighted by Crippen LogP contribution is 2.23. The van der Waals surface area contributed by atoms with Crippen LogP contribution in [0.2, 0.25) is 0 Å². The zero-order chi connectivity index (χ0) is 22.5. The van der Waals surface area contributed by atoms with Gasteiger partial charge in [-0.3, -0.25) is 14.5 Å². The Morgan fingerprint density at radius 2 is 1.97 bits per heavy atom.